The van der Waals surface area contributed by atoms with Gasteiger partial charge in [-0.3, -0.25) is 18.7 Å². The third-order valence-corrected chi connectivity index (χ3v) is 8.20. The van der Waals surface area contributed by atoms with Gasteiger partial charge in [-0.15, -0.1) is 0 Å². The summed E-state index contributed by atoms with van der Waals surface area (Å²) in [7, 11) is 0. The van der Waals surface area contributed by atoms with E-state index in [-0.39, 0.29) is 49.1 Å². The first-order valence-corrected chi connectivity index (χ1v) is 13.8. The van der Waals surface area contributed by atoms with Crippen molar-refractivity contribution in [3.8, 4) is 0 Å². The van der Waals surface area contributed by atoms with Gasteiger partial charge >= 0.3 is 11.9 Å². The molecule has 224 valence electrons. The van der Waals surface area contributed by atoms with Gasteiger partial charge in [0, 0.05) is 30.6 Å². The van der Waals surface area contributed by atoms with Crippen molar-refractivity contribution in [2.75, 3.05) is 13.1 Å². The van der Waals surface area contributed by atoms with Crippen molar-refractivity contribution in [2.24, 2.45) is 11.7 Å². The fraction of sp³-hybridized carbons (Fsp3) is 0.433. The SMILES string of the molecule is CC(C)C(=O)N1CCC2(CC1)OCc1c2c(=O)n(CC(N)c2ccccc2)c(=O)n1Cc1c(F)cccc1C(F)(F)F. The smallest absolute Gasteiger partial charge is 0.364 e. The fourth-order valence-electron chi connectivity index (χ4n) is 5.95. The Morgan fingerprint density at radius 2 is 1.69 bits per heavy atom. The van der Waals surface area contributed by atoms with Crippen LogP contribution in [0.2, 0.25) is 0 Å². The molecule has 1 fully saturated rings. The predicted octanol–water partition coefficient (Wildman–Crippen LogP) is 3.92. The fourth-order valence-corrected chi connectivity index (χ4v) is 5.95. The molecule has 2 aliphatic rings. The van der Waals surface area contributed by atoms with E-state index in [4.69, 9.17) is 10.5 Å². The summed E-state index contributed by atoms with van der Waals surface area (Å²) in [4.78, 5) is 42.2. The Balaban J connectivity index is 1.65. The second-order valence-electron chi connectivity index (χ2n) is 11.2. The maximum absolute atomic E-state index is 14.9. The molecule has 1 unspecified atom stereocenters. The first-order valence-electron chi connectivity index (χ1n) is 13.8. The number of hydrogen-bond acceptors (Lipinski definition) is 5. The molecule has 8 nitrogen and oxygen atoms in total. The summed E-state index contributed by atoms with van der Waals surface area (Å²) < 4.78 is 64.6. The van der Waals surface area contributed by atoms with E-state index in [1.54, 1.807) is 49.1 Å². The number of ether oxygens (including phenoxy) is 1. The van der Waals surface area contributed by atoms with Crippen LogP contribution in [0.15, 0.2) is 58.1 Å². The minimum atomic E-state index is -4.87. The molecular formula is C30H32F4N4O4. The molecule has 1 saturated heterocycles. The van der Waals surface area contributed by atoms with Crippen molar-refractivity contribution in [3.05, 3.63) is 103 Å². The third-order valence-electron chi connectivity index (χ3n) is 8.20. The number of aromatic nitrogens is 2. The molecule has 2 aromatic carbocycles. The highest BCUT2D eigenvalue weighted by atomic mass is 19.4. The van der Waals surface area contributed by atoms with Gasteiger partial charge in [0.05, 0.1) is 36.5 Å². The third kappa shape index (κ3) is 5.29. The molecule has 1 spiro atoms. The highest BCUT2D eigenvalue weighted by Crippen LogP contribution is 2.43. The normalized spacial score (nSPS) is 17.1. The lowest BCUT2D eigenvalue weighted by atomic mass is 9.85. The van der Waals surface area contributed by atoms with E-state index >= 15 is 0 Å². The monoisotopic (exact) mass is 588 g/mol. The summed E-state index contributed by atoms with van der Waals surface area (Å²) in [6.45, 7) is 2.93. The summed E-state index contributed by atoms with van der Waals surface area (Å²) in [5, 5.41) is 0. The number of alkyl halides is 3. The highest BCUT2D eigenvalue weighted by Gasteiger charge is 2.48. The molecule has 12 heteroatoms. The van der Waals surface area contributed by atoms with Crippen molar-refractivity contribution < 1.29 is 27.1 Å². The van der Waals surface area contributed by atoms with Crippen molar-refractivity contribution in [3.63, 3.8) is 0 Å². The molecule has 1 atom stereocenters. The van der Waals surface area contributed by atoms with Crippen LogP contribution in [0.25, 0.3) is 0 Å². The number of carbonyl (C=O) groups is 1. The van der Waals surface area contributed by atoms with E-state index in [1.807, 2.05) is 0 Å². The number of likely N-dealkylation sites (tertiary alicyclic amines) is 1. The number of piperidine rings is 1. The molecule has 0 aliphatic carbocycles. The van der Waals surface area contributed by atoms with E-state index in [0.717, 1.165) is 27.3 Å². The number of carbonyl (C=O) groups excluding carboxylic acids is 1. The van der Waals surface area contributed by atoms with Crippen LogP contribution in [-0.2, 0) is 41.0 Å². The van der Waals surface area contributed by atoms with Gasteiger partial charge in [-0.05, 0) is 30.5 Å². The van der Waals surface area contributed by atoms with Crippen molar-refractivity contribution in [1.29, 1.82) is 0 Å². The zero-order valence-electron chi connectivity index (χ0n) is 23.3. The Morgan fingerprint density at radius 1 is 1.02 bits per heavy atom. The molecule has 2 aliphatic heterocycles. The van der Waals surface area contributed by atoms with Gasteiger partial charge < -0.3 is 15.4 Å². The Hall–Kier alpha value is -3.77. The average Bonchev–Trinajstić information content (AvgIpc) is 3.32. The molecule has 42 heavy (non-hydrogen) atoms. The topological polar surface area (TPSA) is 99.6 Å². The van der Waals surface area contributed by atoms with Crippen LogP contribution in [0.1, 0.15) is 60.7 Å². The lowest BCUT2D eigenvalue weighted by molar-refractivity contribution is -0.141. The standard InChI is InChI=1S/C30H32F4N4O4/c1-18(2)26(39)36-13-11-29(12-14-36)25-24(17-42-29)37(15-20-21(30(32,33)34)9-6-10-22(20)31)28(41)38(27(25)40)16-23(35)19-7-4-3-5-8-19/h3-10,18,23H,11-17,35H2,1-2H3. The van der Waals surface area contributed by atoms with Crippen molar-refractivity contribution in [2.45, 2.75) is 64.2 Å². The molecule has 5 rings (SSSR count). The van der Waals surface area contributed by atoms with E-state index in [1.165, 1.54) is 0 Å². The van der Waals surface area contributed by atoms with Gasteiger partial charge in [0.25, 0.3) is 5.56 Å². The molecule has 1 amide bonds. The molecule has 0 saturated carbocycles. The minimum Gasteiger partial charge on any atom is -0.364 e. The number of nitrogens with two attached hydrogens (primary N) is 1. The number of rotatable bonds is 6. The van der Waals surface area contributed by atoms with Crippen molar-refractivity contribution in [1.82, 2.24) is 14.0 Å². The first-order chi connectivity index (χ1) is 19.8. The first kappa shape index (κ1) is 29.7. The van der Waals surface area contributed by atoms with Crippen LogP contribution in [0, 0.1) is 11.7 Å². The van der Waals surface area contributed by atoms with E-state index in [9.17, 15) is 31.9 Å². The quantitative estimate of drug-likeness (QED) is 0.441. The summed E-state index contributed by atoms with van der Waals surface area (Å²) >= 11 is 0. The van der Waals surface area contributed by atoms with Crippen LogP contribution in [0.3, 0.4) is 0 Å². The van der Waals surface area contributed by atoms with E-state index in [2.05, 4.69) is 0 Å². The number of fused-ring (bicyclic) bond motifs is 2. The number of nitrogens with zero attached hydrogens (tertiary/aromatic N) is 3. The predicted molar refractivity (Wildman–Crippen MR) is 146 cm³/mol. The number of benzene rings is 2. The van der Waals surface area contributed by atoms with Crippen LogP contribution >= 0.6 is 0 Å². The summed E-state index contributed by atoms with van der Waals surface area (Å²) in [6, 6.07) is 10.6. The van der Waals surface area contributed by atoms with E-state index in [0.29, 0.717) is 18.7 Å². The molecular weight excluding hydrogens is 556 g/mol. The number of hydrogen-bond donors (Lipinski definition) is 1. The Kier molecular flexibility index (Phi) is 7.88. The lowest BCUT2D eigenvalue weighted by Crippen LogP contribution is -2.51. The minimum absolute atomic E-state index is 0.0430. The maximum atomic E-state index is 14.9. The Labute approximate surface area is 239 Å². The number of halogens is 4. The largest absolute Gasteiger partial charge is 0.416 e. The molecule has 1 aromatic heterocycles. The van der Waals surface area contributed by atoms with Crippen LogP contribution < -0.4 is 17.0 Å². The highest BCUT2D eigenvalue weighted by molar-refractivity contribution is 5.78. The van der Waals surface area contributed by atoms with Gasteiger partial charge in [0.1, 0.15) is 11.4 Å². The van der Waals surface area contributed by atoms with Gasteiger partial charge in [0.15, 0.2) is 0 Å². The second-order valence-corrected chi connectivity index (χ2v) is 11.2. The van der Waals surface area contributed by atoms with Gasteiger partial charge in [-0.1, -0.05) is 50.2 Å². The van der Waals surface area contributed by atoms with E-state index < -0.39 is 52.6 Å². The average molecular weight is 589 g/mol. The lowest BCUT2D eigenvalue weighted by Gasteiger charge is -2.39. The molecule has 3 heterocycles. The maximum Gasteiger partial charge on any atom is 0.416 e. The molecule has 0 radical (unpaired) electrons. The number of amides is 1. The van der Waals surface area contributed by atoms with Gasteiger partial charge in [0.2, 0.25) is 5.91 Å². The van der Waals surface area contributed by atoms with Crippen LogP contribution in [0.4, 0.5) is 17.6 Å². The van der Waals surface area contributed by atoms with Crippen LogP contribution in [-0.4, -0.2) is 33.0 Å². The van der Waals surface area contributed by atoms with Crippen LogP contribution in [0.5, 0.6) is 0 Å². The molecule has 2 N–H and O–H groups in total. The summed E-state index contributed by atoms with van der Waals surface area (Å²) in [6.07, 6.45) is -4.36. The van der Waals surface area contributed by atoms with Gasteiger partial charge in [-0.2, -0.15) is 13.2 Å². The molecule has 0 bridgehead atoms. The van der Waals surface area contributed by atoms with Crippen molar-refractivity contribution >= 4 is 5.91 Å². The Morgan fingerprint density at radius 3 is 2.31 bits per heavy atom. The van der Waals surface area contributed by atoms with Gasteiger partial charge in [-0.25, -0.2) is 9.18 Å². The zero-order chi connectivity index (χ0) is 30.4. The Bertz CT molecular complexity index is 1610. The molecule has 3 aromatic rings. The zero-order valence-corrected chi connectivity index (χ0v) is 23.3. The second kappa shape index (κ2) is 11.1. The summed E-state index contributed by atoms with van der Waals surface area (Å²) in [5.74, 6) is -1.39. The summed E-state index contributed by atoms with van der Waals surface area (Å²) in [5.41, 5.74) is 2.63.